The number of hydrogen-bond donors (Lipinski definition) is 0. The first kappa shape index (κ1) is 80.3. The molecule has 0 saturated heterocycles. The van der Waals surface area contributed by atoms with E-state index in [1.807, 2.05) is 48.5 Å². The maximum absolute atomic E-state index is 4.35. The fourth-order valence-electron chi connectivity index (χ4n) is 17.2. The summed E-state index contributed by atoms with van der Waals surface area (Å²) in [6.45, 7) is 17.6. The Hall–Kier alpha value is -8.24. The van der Waals surface area contributed by atoms with Crippen LogP contribution >= 0.6 is 0 Å². The average molecular weight is 1600 g/mol. The summed E-state index contributed by atoms with van der Waals surface area (Å²) in [5.74, 6) is 0. The Morgan fingerprint density at radius 2 is 0.717 bits per heavy atom. The number of fused-ring (bicyclic) bond motifs is 15. The molecule has 6 radical (unpaired) electrons. The predicted molar refractivity (Wildman–Crippen MR) is 408 cm³/mol. The molecule has 0 fully saturated rings. The van der Waals surface area contributed by atoms with Gasteiger partial charge in [-0.15, -0.1) is 69.2 Å². The number of aromatic nitrogens is 10. The summed E-state index contributed by atoms with van der Waals surface area (Å²) in [6, 6.07) is 93.3. The first-order valence-corrected chi connectivity index (χ1v) is 32.6. The maximum atomic E-state index is 4.35. The van der Waals surface area contributed by atoms with Crippen LogP contribution in [0.3, 0.4) is 0 Å². The van der Waals surface area contributed by atoms with Crippen molar-refractivity contribution in [3.63, 3.8) is 0 Å². The number of para-hydroxylation sites is 7. The van der Waals surface area contributed by atoms with Crippen LogP contribution in [-0.4, -0.2) is 22.5 Å². The van der Waals surface area contributed by atoms with E-state index in [0.717, 1.165) is 11.0 Å². The molecule has 0 N–H and O–H groups in total. The van der Waals surface area contributed by atoms with Crippen LogP contribution in [0.5, 0.6) is 0 Å². The van der Waals surface area contributed by atoms with Crippen LogP contribution in [0.25, 0.3) is 137 Å². The minimum absolute atomic E-state index is 0. The van der Waals surface area contributed by atoms with Gasteiger partial charge >= 0.3 is 55.7 Å². The third-order valence-corrected chi connectivity index (χ3v) is 21.2. The Bertz CT molecular complexity index is 5880. The van der Waals surface area contributed by atoms with Gasteiger partial charge in [0.2, 0.25) is 16.9 Å². The molecular weight excluding hydrogens is 1530 g/mol. The summed E-state index contributed by atoms with van der Waals surface area (Å²) in [7, 11) is 0. The van der Waals surface area contributed by atoms with Crippen LogP contribution in [0.2, 0.25) is 0 Å². The van der Waals surface area contributed by atoms with Crippen LogP contribution in [0.15, 0.2) is 237 Å². The van der Waals surface area contributed by atoms with Crippen molar-refractivity contribution in [2.24, 2.45) is 0 Å². The van der Waals surface area contributed by atoms with Crippen LogP contribution < -0.4 is 22.3 Å². The van der Waals surface area contributed by atoms with Gasteiger partial charge in [0.25, 0.3) is 11.3 Å². The van der Waals surface area contributed by atoms with Gasteiger partial charge < -0.3 is 0 Å². The van der Waals surface area contributed by atoms with Gasteiger partial charge in [-0.05, 0) is 113 Å². The number of pyridine rings is 5. The van der Waals surface area contributed by atoms with Crippen molar-refractivity contribution >= 4 is 137 Å². The Morgan fingerprint density at radius 3 is 1.25 bits per heavy atom. The van der Waals surface area contributed by atoms with Crippen molar-refractivity contribution in [1.29, 1.82) is 0 Å². The number of imidazole rings is 5. The SMILES string of the molecule is C.C.C.C.C.CC1c2[c-]ccc3ccn4c5ccccc5[n+]1c4c23.CC1c2cccc3cc[n+]4c5ccc[c-]c5n1c4c23.[CH2-]C1c2[c-]ccc3cc[n+]4c5ccc[c-]c5n1c4c23.[CH2-]C1c2[c-]ccc3ccn4c5ccccc5[n+]1c4c23.[CH2-]C1c2cccc3cc[n+]4c5ccc[c-]c5n1c4c23.[V+2].[V+2].[V+2].[V].[V].[V]. The van der Waals surface area contributed by atoms with Crippen LogP contribution in [0.1, 0.15) is 109 Å². The molecule has 10 aromatic heterocycles. The van der Waals surface area contributed by atoms with Crippen molar-refractivity contribution in [3.05, 3.63) is 322 Å². The van der Waals surface area contributed by atoms with Gasteiger partial charge in [0.05, 0.1) is 74.9 Å². The minimum Gasteiger partial charge on any atom is -0.297 e. The number of benzene rings is 10. The van der Waals surface area contributed by atoms with Crippen molar-refractivity contribution in [2.45, 2.75) is 81.2 Å². The van der Waals surface area contributed by atoms with Crippen molar-refractivity contribution in [2.75, 3.05) is 0 Å². The van der Waals surface area contributed by atoms with Gasteiger partial charge in [0.1, 0.15) is 12.1 Å². The topological polar surface area (TPSA) is 43.7 Å². The van der Waals surface area contributed by atoms with Crippen LogP contribution in [-0.2, 0) is 111 Å². The summed E-state index contributed by atoms with van der Waals surface area (Å²) in [6.07, 6.45) is 10.8. The minimum atomic E-state index is 0. The third kappa shape index (κ3) is 10.8. The van der Waals surface area contributed by atoms with Gasteiger partial charge in [-0.25, -0.2) is 22.3 Å². The van der Waals surface area contributed by atoms with E-state index in [4.69, 9.17) is 0 Å². The molecule has 5 aliphatic heterocycles. The molecule has 25 rings (SSSR count). The van der Waals surface area contributed by atoms with Gasteiger partial charge in [-0.3, -0.25) is 43.3 Å². The number of nitrogens with zero attached hydrogens (tertiary/aromatic N) is 10. The fourth-order valence-corrected chi connectivity index (χ4v) is 17.2. The molecule has 5 unspecified atom stereocenters. The van der Waals surface area contributed by atoms with Crippen molar-refractivity contribution in [3.8, 4) is 0 Å². The molecule has 514 valence electrons. The van der Waals surface area contributed by atoms with Gasteiger partial charge in [0.15, 0.2) is 22.1 Å². The molecule has 5 atom stereocenters. The van der Waals surface area contributed by atoms with E-state index in [9.17, 15) is 0 Å². The normalized spacial score (nSPS) is 15.4. The standard InChI is InChI=1S/2C17H12N2.2C17H11N2.C17H10N2.5CH4.6V/c5*1-11-13-6-4-5-12-9-10-18-14-7-2-3-8-15(14)19(11)17(18)16(12)13;;;;;;;;;;;/h2-5,7-11H,1H3;2-7,9-11H,1H3;2-5,7-11H,1H2;2-7,9-11H,1H2;2-5,7,9-11H,1H2;5*1H4;;;;;;/q;;2*-1;-2;;;;;;;;;3*+2. The molecule has 106 heavy (non-hydrogen) atoms. The molecular formula is C90H76N10V6+2. The zero-order valence-electron chi connectivity index (χ0n) is 54.7. The number of hydrogen-bond acceptors (Lipinski definition) is 0. The van der Waals surface area contributed by atoms with E-state index >= 15 is 0 Å². The summed E-state index contributed by atoms with van der Waals surface area (Å²) >= 11 is 0. The average Bonchev–Trinajstić information content (AvgIpc) is 1.59. The summed E-state index contributed by atoms with van der Waals surface area (Å²) < 4.78 is 23.1. The Labute approximate surface area is 690 Å². The Kier molecular flexibility index (Phi) is 22.8. The Morgan fingerprint density at radius 1 is 0.330 bits per heavy atom. The quantitative estimate of drug-likeness (QED) is 0.107. The molecule has 10 nitrogen and oxygen atoms in total. The van der Waals surface area contributed by atoms with Gasteiger partial charge in [-0.1, -0.05) is 97.8 Å². The zero-order chi connectivity index (χ0) is 62.8. The second-order valence-corrected chi connectivity index (χ2v) is 25.8. The van der Waals surface area contributed by atoms with E-state index in [0.29, 0.717) is 12.1 Å². The summed E-state index contributed by atoms with van der Waals surface area (Å²) in [4.78, 5) is 0. The van der Waals surface area contributed by atoms with Crippen LogP contribution in [0, 0.1) is 57.2 Å². The largest absolute Gasteiger partial charge is 2.00 e. The van der Waals surface area contributed by atoms with E-state index in [-0.39, 0.29) is 167 Å². The van der Waals surface area contributed by atoms with E-state index in [1.54, 1.807) is 0 Å². The monoisotopic (exact) mass is 1600 g/mol. The van der Waals surface area contributed by atoms with Crippen molar-refractivity contribution in [1.82, 2.24) is 22.5 Å². The first-order valence-electron chi connectivity index (χ1n) is 32.6. The predicted octanol–water partition coefficient (Wildman–Crippen LogP) is 18.7. The first-order chi connectivity index (χ1) is 46.8. The van der Waals surface area contributed by atoms with Gasteiger partial charge in [0, 0.05) is 67.3 Å². The second-order valence-electron chi connectivity index (χ2n) is 25.8. The molecule has 10 aromatic carbocycles. The molecule has 15 heterocycles. The third-order valence-electron chi connectivity index (χ3n) is 21.2. The molecule has 0 bridgehead atoms. The molecule has 20 aromatic rings. The van der Waals surface area contributed by atoms with E-state index < -0.39 is 0 Å². The number of rotatable bonds is 0. The molecule has 16 heteroatoms. The zero-order valence-corrected chi connectivity index (χ0v) is 63.1. The summed E-state index contributed by atoms with van der Waals surface area (Å²) in [5, 5.41) is 13.1. The fraction of sp³-hybridized carbons (Fsp3) is 0.133. The van der Waals surface area contributed by atoms with Gasteiger partial charge in [-0.2, -0.15) is 91.0 Å². The molecule has 0 amide bonds. The van der Waals surface area contributed by atoms with Crippen molar-refractivity contribution < 1.29 is 134 Å². The Balaban J connectivity index is 0.000000138. The second kappa shape index (κ2) is 30.1. The molecule has 5 aliphatic rings. The molecule has 0 aliphatic carbocycles. The maximum Gasteiger partial charge on any atom is 2.00 e. The van der Waals surface area contributed by atoms with E-state index in [2.05, 4.69) is 305 Å². The molecule has 0 spiro atoms. The molecule has 0 saturated carbocycles. The smallest absolute Gasteiger partial charge is 0.297 e. The van der Waals surface area contributed by atoms with E-state index in [1.165, 1.54) is 154 Å². The van der Waals surface area contributed by atoms with Crippen LogP contribution in [0.4, 0.5) is 0 Å². The summed E-state index contributed by atoms with van der Waals surface area (Å²) in [5.41, 5.74) is 24.8.